The van der Waals surface area contributed by atoms with Crippen LogP contribution in [0.2, 0.25) is 0 Å². The van der Waals surface area contributed by atoms with Crippen LogP contribution in [0.4, 0.5) is 0 Å². The Bertz CT molecular complexity index is 450. The first-order chi connectivity index (χ1) is 9.22. The molecule has 0 aromatic carbocycles. The second-order valence-electron chi connectivity index (χ2n) is 4.63. The maximum Gasteiger partial charge on any atom is 0.344 e. The molecule has 3 aliphatic heterocycles. The van der Waals surface area contributed by atoms with Crippen LogP contribution in [0.25, 0.3) is 0 Å². The van der Waals surface area contributed by atoms with Crippen LogP contribution in [0.1, 0.15) is 6.42 Å². The van der Waals surface area contributed by atoms with Gasteiger partial charge in [0, 0.05) is 13.2 Å². The lowest BCUT2D eigenvalue weighted by Gasteiger charge is -2.34. The van der Waals surface area contributed by atoms with Crippen molar-refractivity contribution in [1.82, 2.24) is 4.90 Å². The van der Waals surface area contributed by atoms with E-state index in [1.54, 1.807) is 0 Å². The summed E-state index contributed by atoms with van der Waals surface area (Å²) in [5, 5.41) is 0.0166. The molecular formula is C12H15ClN2O3S. The first kappa shape index (κ1) is 13.3. The summed E-state index contributed by atoms with van der Waals surface area (Å²) < 4.78 is 10.2. The van der Waals surface area contributed by atoms with Crippen LogP contribution >= 0.6 is 23.4 Å². The first-order valence-electron chi connectivity index (χ1n) is 6.20. The molecule has 19 heavy (non-hydrogen) atoms. The molecule has 3 atom stereocenters. The van der Waals surface area contributed by atoms with Crippen molar-refractivity contribution < 1.29 is 14.3 Å². The Hall–Kier alpha value is -0.720. The monoisotopic (exact) mass is 302 g/mol. The summed E-state index contributed by atoms with van der Waals surface area (Å²) in [6.07, 6.45) is 3.26. The molecule has 1 fully saturated rings. The van der Waals surface area contributed by atoms with Crippen molar-refractivity contribution in [3.05, 3.63) is 11.0 Å². The highest BCUT2D eigenvalue weighted by molar-refractivity contribution is 8.04. The molecule has 0 saturated carbocycles. The summed E-state index contributed by atoms with van der Waals surface area (Å²) in [5.41, 5.74) is 0. The van der Waals surface area contributed by atoms with Crippen molar-refractivity contribution in [1.29, 1.82) is 0 Å². The van der Waals surface area contributed by atoms with E-state index in [2.05, 4.69) is 9.89 Å². The Labute approximate surface area is 121 Å². The van der Waals surface area contributed by atoms with Crippen molar-refractivity contribution in [3.8, 4) is 0 Å². The number of thioether (sulfide) groups is 1. The van der Waals surface area contributed by atoms with Crippen LogP contribution in [-0.4, -0.2) is 60.4 Å². The number of halogens is 1. The van der Waals surface area contributed by atoms with Crippen LogP contribution < -0.4 is 0 Å². The molecular weight excluding hydrogens is 288 g/mol. The zero-order valence-electron chi connectivity index (χ0n) is 10.5. The third-order valence-corrected chi connectivity index (χ3v) is 4.95. The molecule has 3 heterocycles. The maximum atomic E-state index is 11.6. The number of carbonyl (C=O) groups is 1. The van der Waals surface area contributed by atoms with Crippen molar-refractivity contribution in [3.63, 3.8) is 0 Å². The van der Waals surface area contributed by atoms with Gasteiger partial charge < -0.3 is 14.4 Å². The predicted molar refractivity (Wildman–Crippen MR) is 74.5 cm³/mol. The zero-order chi connectivity index (χ0) is 13.4. The summed E-state index contributed by atoms with van der Waals surface area (Å²) in [6.45, 7) is 1.62. The fraction of sp³-hybridized carbons (Fsp3) is 0.667. The molecule has 3 aliphatic rings. The minimum atomic E-state index is -0.290. The number of ether oxygens (including phenoxy) is 2. The minimum absolute atomic E-state index is 0.0166. The van der Waals surface area contributed by atoms with Crippen LogP contribution in [0, 0.1) is 0 Å². The van der Waals surface area contributed by atoms with Gasteiger partial charge in [-0.3, -0.25) is 4.99 Å². The summed E-state index contributed by atoms with van der Waals surface area (Å²) in [6, 6.07) is 0.0945. The highest BCUT2D eigenvalue weighted by atomic mass is 35.5. The van der Waals surface area contributed by atoms with Crippen LogP contribution in [0.15, 0.2) is 16.0 Å². The number of hydrogen-bond donors (Lipinski definition) is 0. The number of alkyl halides is 1. The number of hydrogen-bond acceptors (Lipinski definition) is 6. The second kappa shape index (κ2) is 5.34. The molecule has 104 valence electrons. The zero-order valence-corrected chi connectivity index (χ0v) is 12.1. The second-order valence-corrected chi connectivity index (χ2v) is 6.06. The minimum Gasteiger partial charge on any atom is -0.465 e. The van der Waals surface area contributed by atoms with Gasteiger partial charge in [-0.2, -0.15) is 0 Å². The van der Waals surface area contributed by atoms with E-state index in [4.69, 9.17) is 21.1 Å². The third-order valence-electron chi connectivity index (χ3n) is 3.53. The van der Waals surface area contributed by atoms with Gasteiger partial charge in [-0.15, -0.1) is 11.6 Å². The van der Waals surface area contributed by atoms with Gasteiger partial charge in [-0.1, -0.05) is 11.8 Å². The Balaban J connectivity index is 1.74. The van der Waals surface area contributed by atoms with Crippen molar-refractivity contribution in [2.75, 3.05) is 26.1 Å². The van der Waals surface area contributed by atoms with Crippen molar-refractivity contribution in [2.24, 2.45) is 4.99 Å². The third kappa shape index (κ3) is 2.37. The van der Waals surface area contributed by atoms with Crippen LogP contribution in [-0.2, 0) is 14.3 Å². The average Bonchev–Trinajstić information content (AvgIpc) is 2.90. The quantitative estimate of drug-likeness (QED) is 0.577. The predicted octanol–water partition coefficient (Wildman–Crippen LogP) is 1.23. The number of esters is 1. The van der Waals surface area contributed by atoms with Crippen LogP contribution in [0.5, 0.6) is 0 Å². The molecule has 3 rings (SSSR count). The van der Waals surface area contributed by atoms with Crippen LogP contribution in [0.3, 0.4) is 0 Å². The number of carbonyl (C=O) groups excluding carboxylic acids is 1. The molecule has 0 aromatic rings. The van der Waals surface area contributed by atoms with Gasteiger partial charge in [0.15, 0.2) is 0 Å². The van der Waals surface area contributed by atoms with E-state index in [-0.39, 0.29) is 23.5 Å². The van der Waals surface area contributed by atoms with Gasteiger partial charge >= 0.3 is 5.97 Å². The van der Waals surface area contributed by atoms with E-state index in [1.807, 2.05) is 6.08 Å². The highest BCUT2D eigenvalue weighted by Crippen LogP contribution is 2.40. The molecule has 7 heteroatoms. The van der Waals surface area contributed by atoms with E-state index in [9.17, 15) is 4.79 Å². The summed E-state index contributed by atoms with van der Waals surface area (Å²) in [7, 11) is 1.39. The number of rotatable bonds is 4. The number of nitrogens with zero attached hydrogens (tertiary/aromatic N) is 2. The van der Waals surface area contributed by atoms with Gasteiger partial charge in [0.25, 0.3) is 0 Å². The van der Waals surface area contributed by atoms with E-state index in [0.29, 0.717) is 10.8 Å². The molecule has 0 aliphatic carbocycles. The van der Waals surface area contributed by atoms with Gasteiger partial charge in [-0.05, 0) is 12.5 Å². The number of fused-ring (bicyclic) bond motifs is 1. The Morgan fingerprint density at radius 1 is 1.74 bits per heavy atom. The Morgan fingerprint density at radius 3 is 3.11 bits per heavy atom. The lowest BCUT2D eigenvalue weighted by Crippen LogP contribution is -2.46. The first-order valence-corrected chi connectivity index (χ1v) is 7.62. The highest BCUT2D eigenvalue weighted by Gasteiger charge is 2.42. The van der Waals surface area contributed by atoms with E-state index < -0.39 is 0 Å². The molecule has 0 amide bonds. The fourth-order valence-electron chi connectivity index (χ4n) is 2.42. The van der Waals surface area contributed by atoms with Gasteiger partial charge in [0.2, 0.25) is 0 Å². The summed E-state index contributed by atoms with van der Waals surface area (Å²) in [4.78, 5) is 18.9. The SMILES string of the molecule is COC(=O)C1=CC2C(N=C(CCl)N2C[C@@H]2CCO2)S1. The molecule has 0 spiro atoms. The number of amidine groups is 1. The molecule has 1 saturated heterocycles. The van der Waals surface area contributed by atoms with Gasteiger partial charge in [0.05, 0.1) is 30.0 Å². The smallest absolute Gasteiger partial charge is 0.344 e. The molecule has 0 aromatic heterocycles. The largest absolute Gasteiger partial charge is 0.465 e. The molecule has 2 unspecified atom stereocenters. The van der Waals surface area contributed by atoms with Crippen molar-refractivity contribution in [2.45, 2.75) is 23.9 Å². The van der Waals surface area contributed by atoms with Gasteiger partial charge in [-0.25, -0.2) is 4.79 Å². The average molecular weight is 303 g/mol. The standard InChI is InChI=1S/C12H15ClN2O3S/c1-17-12(16)9-4-8-11(19-9)14-10(5-13)15(8)6-7-2-3-18-7/h4,7-8,11H,2-3,5-6H2,1H3/t7-,8?,11?/m0/s1. The lowest BCUT2D eigenvalue weighted by atomic mass is 10.1. The van der Waals surface area contributed by atoms with E-state index in [0.717, 1.165) is 25.4 Å². The summed E-state index contributed by atoms with van der Waals surface area (Å²) in [5.74, 6) is 0.989. The molecule has 0 bridgehead atoms. The van der Waals surface area contributed by atoms with Gasteiger partial charge in [0.1, 0.15) is 11.2 Å². The van der Waals surface area contributed by atoms with E-state index in [1.165, 1.54) is 18.9 Å². The topological polar surface area (TPSA) is 51.1 Å². The van der Waals surface area contributed by atoms with Crippen molar-refractivity contribution >= 4 is 35.2 Å². The normalized spacial score (nSPS) is 32.5. The molecule has 5 nitrogen and oxygen atoms in total. The fourth-order valence-corrected chi connectivity index (χ4v) is 3.84. The Kier molecular flexibility index (Phi) is 3.73. The molecule has 0 radical (unpaired) electrons. The Morgan fingerprint density at radius 2 is 2.53 bits per heavy atom. The lowest BCUT2D eigenvalue weighted by molar-refractivity contribution is -0.135. The summed E-state index contributed by atoms with van der Waals surface area (Å²) >= 11 is 7.40. The maximum absolute atomic E-state index is 11.6. The number of methoxy groups -OCH3 is 1. The number of aliphatic imine (C=N–C) groups is 1. The molecule has 0 N–H and O–H groups in total. The van der Waals surface area contributed by atoms with E-state index >= 15 is 0 Å².